The minimum absolute atomic E-state index is 0.112. The zero-order valence-electron chi connectivity index (χ0n) is 12.8. The number of carboxylic acid groups (broad SMARTS) is 1. The van der Waals surface area contributed by atoms with Crippen LogP contribution in [-0.4, -0.2) is 30.1 Å². The zero-order chi connectivity index (χ0) is 15.8. The Labute approximate surface area is 125 Å². The summed E-state index contributed by atoms with van der Waals surface area (Å²) in [7, 11) is 1.55. The van der Waals surface area contributed by atoms with E-state index in [4.69, 9.17) is 9.84 Å². The van der Waals surface area contributed by atoms with Crippen LogP contribution in [0.1, 0.15) is 37.3 Å². The van der Waals surface area contributed by atoms with Crippen molar-refractivity contribution in [2.45, 2.75) is 45.6 Å². The maximum atomic E-state index is 12.0. The summed E-state index contributed by atoms with van der Waals surface area (Å²) in [5.74, 6) is -0.661. The van der Waals surface area contributed by atoms with Crippen LogP contribution in [0.4, 0.5) is 0 Å². The molecule has 0 heterocycles. The van der Waals surface area contributed by atoms with Crippen LogP contribution in [0.3, 0.4) is 0 Å². The normalized spacial score (nSPS) is 11.8. The molecule has 0 aliphatic carbocycles. The molecule has 1 atom stereocenters. The number of unbranched alkanes of at least 4 members (excludes halogenated alkanes) is 1. The highest BCUT2D eigenvalue weighted by Gasteiger charge is 2.20. The highest BCUT2D eigenvalue weighted by Crippen LogP contribution is 2.20. The largest absolute Gasteiger partial charge is 0.496 e. The Morgan fingerprint density at radius 2 is 2.10 bits per heavy atom. The van der Waals surface area contributed by atoms with Crippen LogP contribution < -0.4 is 10.1 Å². The van der Waals surface area contributed by atoms with E-state index >= 15 is 0 Å². The number of nitrogens with one attached hydrogen (secondary N) is 1. The summed E-state index contributed by atoms with van der Waals surface area (Å²) in [6, 6.07) is 4.76. The quantitative estimate of drug-likeness (QED) is 0.771. The second-order valence-electron chi connectivity index (χ2n) is 5.09. The first kappa shape index (κ1) is 17.0. The number of methoxy groups -OCH3 is 1. The highest BCUT2D eigenvalue weighted by molar-refractivity contribution is 5.85. The lowest BCUT2D eigenvalue weighted by Crippen LogP contribution is -2.41. The molecular weight excluding hydrogens is 270 g/mol. The van der Waals surface area contributed by atoms with E-state index in [1.807, 2.05) is 32.0 Å². The van der Waals surface area contributed by atoms with E-state index in [0.29, 0.717) is 12.2 Å². The van der Waals surface area contributed by atoms with Crippen LogP contribution in [0, 0.1) is 6.92 Å². The highest BCUT2D eigenvalue weighted by atomic mass is 16.5. The fraction of sp³-hybridized carbons (Fsp3) is 0.500. The first-order valence-electron chi connectivity index (χ1n) is 7.13. The van der Waals surface area contributed by atoms with E-state index < -0.39 is 12.0 Å². The van der Waals surface area contributed by atoms with Crippen LogP contribution in [0.5, 0.6) is 5.75 Å². The van der Waals surface area contributed by atoms with Gasteiger partial charge in [0.2, 0.25) is 5.91 Å². The molecule has 2 N–H and O–H groups in total. The monoisotopic (exact) mass is 293 g/mol. The number of rotatable bonds is 8. The Hall–Kier alpha value is -2.04. The van der Waals surface area contributed by atoms with Crippen LogP contribution in [0.25, 0.3) is 0 Å². The maximum absolute atomic E-state index is 12.0. The van der Waals surface area contributed by atoms with Crippen molar-refractivity contribution in [3.8, 4) is 5.75 Å². The number of carboxylic acids is 1. The van der Waals surface area contributed by atoms with Crippen LogP contribution in [-0.2, 0) is 16.0 Å². The summed E-state index contributed by atoms with van der Waals surface area (Å²) in [6.45, 7) is 3.92. The van der Waals surface area contributed by atoms with Crippen molar-refractivity contribution in [1.29, 1.82) is 0 Å². The van der Waals surface area contributed by atoms with Crippen molar-refractivity contribution in [2.24, 2.45) is 0 Å². The topological polar surface area (TPSA) is 75.6 Å². The van der Waals surface area contributed by atoms with Crippen molar-refractivity contribution in [3.63, 3.8) is 0 Å². The predicted octanol–water partition coefficient (Wildman–Crippen LogP) is 2.31. The molecule has 21 heavy (non-hydrogen) atoms. The third-order valence-corrected chi connectivity index (χ3v) is 3.27. The molecule has 1 aromatic rings. The number of hydrogen-bond donors (Lipinski definition) is 2. The first-order chi connectivity index (χ1) is 9.97. The predicted molar refractivity (Wildman–Crippen MR) is 80.5 cm³/mol. The van der Waals surface area contributed by atoms with E-state index in [9.17, 15) is 9.59 Å². The third kappa shape index (κ3) is 5.45. The van der Waals surface area contributed by atoms with Gasteiger partial charge < -0.3 is 15.2 Å². The Morgan fingerprint density at radius 3 is 2.67 bits per heavy atom. The minimum atomic E-state index is -0.993. The van der Waals surface area contributed by atoms with Crippen LogP contribution >= 0.6 is 0 Å². The average molecular weight is 293 g/mol. The van der Waals surface area contributed by atoms with Gasteiger partial charge in [-0.1, -0.05) is 37.5 Å². The van der Waals surface area contributed by atoms with E-state index in [2.05, 4.69) is 5.32 Å². The van der Waals surface area contributed by atoms with E-state index in [1.165, 1.54) is 0 Å². The van der Waals surface area contributed by atoms with E-state index in [1.54, 1.807) is 7.11 Å². The lowest BCUT2D eigenvalue weighted by molar-refractivity contribution is -0.142. The summed E-state index contributed by atoms with van der Waals surface area (Å²) < 4.78 is 5.22. The van der Waals surface area contributed by atoms with Crippen LogP contribution in [0.2, 0.25) is 0 Å². The molecule has 0 saturated carbocycles. The maximum Gasteiger partial charge on any atom is 0.326 e. The van der Waals surface area contributed by atoms with Gasteiger partial charge in [0.1, 0.15) is 11.8 Å². The van der Waals surface area contributed by atoms with Crippen molar-refractivity contribution in [1.82, 2.24) is 5.32 Å². The number of amides is 1. The number of aliphatic carboxylic acids is 1. The first-order valence-corrected chi connectivity index (χ1v) is 7.13. The van der Waals surface area contributed by atoms with Gasteiger partial charge in [-0.15, -0.1) is 0 Å². The van der Waals surface area contributed by atoms with Crippen molar-refractivity contribution < 1.29 is 19.4 Å². The molecule has 0 aliphatic rings. The number of carbonyl (C=O) groups is 2. The molecule has 116 valence electrons. The summed E-state index contributed by atoms with van der Waals surface area (Å²) in [6.07, 6.45) is 2.22. The fourth-order valence-corrected chi connectivity index (χ4v) is 2.13. The van der Waals surface area contributed by atoms with Crippen molar-refractivity contribution in [3.05, 3.63) is 29.3 Å². The average Bonchev–Trinajstić information content (AvgIpc) is 2.43. The molecule has 0 fully saturated rings. The lowest BCUT2D eigenvalue weighted by Gasteiger charge is -2.15. The van der Waals surface area contributed by atoms with Gasteiger partial charge in [-0.05, 0) is 19.4 Å². The Morgan fingerprint density at radius 1 is 1.38 bits per heavy atom. The summed E-state index contributed by atoms with van der Waals surface area (Å²) >= 11 is 0. The Bertz CT molecular complexity index is 499. The molecule has 0 aromatic heterocycles. The second-order valence-corrected chi connectivity index (χ2v) is 5.09. The second kappa shape index (κ2) is 8.29. The number of ether oxygens (including phenoxy) is 1. The minimum Gasteiger partial charge on any atom is -0.496 e. The van der Waals surface area contributed by atoms with E-state index in [0.717, 1.165) is 24.0 Å². The molecule has 0 bridgehead atoms. The molecular formula is C16H23NO4. The van der Waals surface area contributed by atoms with Gasteiger partial charge in [-0.2, -0.15) is 0 Å². The number of aryl methyl sites for hydroxylation is 1. The summed E-state index contributed by atoms with van der Waals surface area (Å²) in [4.78, 5) is 23.2. The molecule has 0 unspecified atom stereocenters. The fourth-order valence-electron chi connectivity index (χ4n) is 2.13. The van der Waals surface area contributed by atoms with E-state index in [-0.39, 0.29) is 12.3 Å². The molecule has 1 rings (SSSR count). The molecule has 5 nitrogen and oxygen atoms in total. The standard InChI is InChI=1S/C16H23NO4/c1-4-5-6-13(16(19)20)17-15(18)10-12-9-11(2)7-8-14(12)21-3/h7-9,13H,4-6,10H2,1-3H3,(H,17,18)(H,19,20)/t13-/m0/s1. The molecule has 0 aliphatic heterocycles. The molecule has 0 radical (unpaired) electrons. The third-order valence-electron chi connectivity index (χ3n) is 3.27. The van der Waals surface area contributed by atoms with Gasteiger partial charge in [0.15, 0.2) is 0 Å². The van der Waals surface area contributed by atoms with Crippen molar-refractivity contribution in [2.75, 3.05) is 7.11 Å². The molecule has 0 saturated heterocycles. The lowest BCUT2D eigenvalue weighted by atomic mass is 10.1. The number of benzene rings is 1. The molecule has 0 spiro atoms. The summed E-state index contributed by atoms with van der Waals surface area (Å²) in [5, 5.41) is 11.7. The smallest absolute Gasteiger partial charge is 0.326 e. The van der Waals surface area contributed by atoms with Gasteiger partial charge in [0.25, 0.3) is 0 Å². The van der Waals surface area contributed by atoms with Crippen molar-refractivity contribution >= 4 is 11.9 Å². The Kier molecular flexibility index (Phi) is 6.72. The molecule has 1 amide bonds. The number of carbonyl (C=O) groups excluding carboxylic acids is 1. The van der Waals surface area contributed by atoms with Crippen LogP contribution in [0.15, 0.2) is 18.2 Å². The van der Waals surface area contributed by atoms with Gasteiger partial charge in [-0.25, -0.2) is 4.79 Å². The zero-order valence-corrected chi connectivity index (χ0v) is 12.8. The van der Waals surface area contributed by atoms with Gasteiger partial charge in [0.05, 0.1) is 13.5 Å². The van der Waals surface area contributed by atoms with Gasteiger partial charge >= 0.3 is 5.97 Å². The molecule has 5 heteroatoms. The SMILES string of the molecule is CCCC[C@H](NC(=O)Cc1cc(C)ccc1OC)C(=O)O. The Balaban J connectivity index is 2.71. The van der Waals surface area contributed by atoms with Gasteiger partial charge in [0, 0.05) is 5.56 Å². The van der Waals surface area contributed by atoms with Gasteiger partial charge in [-0.3, -0.25) is 4.79 Å². The molecule has 1 aromatic carbocycles. The number of hydrogen-bond acceptors (Lipinski definition) is 3. The summed E-state index contributed by atoms with van der Waals surface area (Å²) in [5.41, 5.74) is 1.79.